The quantitative estimate of drug-likeness (QED) is 0.209. The van der Waals surface area contributed by atoms with Gasteiger partial charge in [0, 0.05) is 0 Å². The number of carboxylic acid groups (broad SMARTS) is 10. The van der Waals surface area contributed by atoms with Crippen LogP contribution in [0, 0.1) is 0 Å². The van der Waals surface area contributed by atoms with Gasteiger partial charge < -0.3 is 102 Å². The van der Waals surface area contributed by atoms with Crippen LogP contribution in [0.5, 0.6) is 0 Å². The van der Waals surface area contributed by atoms with E-state index < -0.39 is 30.8 Å². The van der Waals surface area contributed by atoms with Crippen LogP contribution in [0.25, 0.3) is 0 Å². The van der Waals surface area contributed by atoms with E-state index in [0.717, 1.165) is 0 Å². The fourth-order valence-electron chi connectivity index (χ4n) is 0. The van der Waals surface area contributed by atoms with Gasteiger partial charge in [-0.2, -0.15) is 0 Å². The molecule has 0 N–H and O–H groups in total. The van der Waals surface area contributed by atoms with Crippen molar-refractivity contribution < 1.29 is 168 Å². The van der Waals surface area contributed by atoms with E-state index in [1.807, 2.05) is 0 Å². The molecule has 0 aromatic heterocycles. The monoisotopic (exact) mass is 720 g/mol. The molecule has 0 aromatic rings. The van der Waals surface area contributed by atoms with Gasteiger partial charge >= 0.3 is 135 Å². The SMILES string of the molecule is O=C([O-])[O-].O=C([O-])[O-].O=C([O-])[O-].O=C([O-])[O-].O=C([O-])[O-].[Al+3].[Al+3].[Al+3].[Al+3].[Ni+2].[Ni+2].[Ni+2].[Ni+2].[O-2].[O-2].[O-2].[O-2].[O-2]. The largest absolute Gasteiger partial charge is 3.00 e. The molecule has 0 aliphatic rings. The molecule has 0 spiro atoms. The number of carbonyl (C=O) groups is 5. The molecule has 0 aromatic carbocycles. The zero-order valence-corrected chi connectivity index (χ0v) is 22.8. The van der Waals surface area contributed by atoms with Crippen LogP contribution in [0.15, 0.2) is 0 Å². The van der Waals surface area contributed by atoms with Crippen molar-refractivity contribution in [2.24, 2.45) is 0 Å². The zero-order valence-electron chi connectivity index (χ0n) is 14.2. The van der Waals surface area contributed by atoms with Crippen molar-refractivity contribution in [1.29, 1.82) is 0 Å². The Labute approximate surface area is 266 Å². The molecule has 20 nitrogen and oxygen atoms in total. The molecule has 0 saturated carbocycles. The second-order valence-corrected chi connectivity index (χ2v) is 1.25. The summed E-state index contributed by atoms with van der Waals surface area (Å²) >= 11 is 0. The van der Waals surface area contributed by atoms with E-state index in [1.54, 1.807) is 0 Å². The van der Waals surface area contributed by atoms with E-state index in [4.69, 9.17) is 75.0 Å². The third-order valence-electron chi connectivity index (χ3n) is 0. The normalized spacial score (nSPS) is 3.64. The van der Waals surface area contributed by atoms with Crippen molar-refractivity contribution in [2.45, 2.75) is 0 Å². The fourth-order valence-corrected chi connectivity index (χ4v) is 0. The molecule has 28 heteroatoms. The molecule has 0 unspecified atom stereocenters. The van der Waals surface area contributed by atoms with Crippen molar-refractivity contribution >= 4 is 100 Å². The van der Waals surface area contributed by atoms with Gasteiger partial charge in [-0.05, 0) is 30.8 Å². The van der Waals surface area contributed by atoms with Gasteiger partial charge in [0.05, 0.1) is 0 Å². The smallest absolute Gasteiger partial charge is 2.00 e. The van der Waals surface area contributed by atoms with E-state index in [-0.39, 0.29) is 163 Å². The topological polar surface area (TPSA) is 458 Å². The first-order valence-electron chi connectivity index (χ1n) is 3.06. The zero-order chi connectivity index (χ0) is 17.9. The van der Waals surface area contributed by atoms with Crippen LogP contribution in [0.4, 0.5) is 24.0 Å². The van der Waals surface area contributed by atoms with E-state index in [0.29, 0.717) is 0 Å². The summed E-state index contributed by atoms with van der Waals surface area (Å²) in [7, 11) is 0. The Kier molecular flexibility index (Phi) is 610. The van der Waals surface area contributed by atoms with Crippen molar-refractivity contribution in [1.82, 2.24) is 0 Å². The van der Waals surface area contributed by atoms with E-state index in [1.165, 1.54) is 0 Å². The standard InChI is InChI=1S/5CH2O3.4Al.4Ni.5O/c5*2-1(3)4;;;;;;;;;;;;;/h5*(H2,2,3,4);;;;;;;;;;;;;/q;;;;;4*+3;4*+2;5*-2/p-10. The maximum atomic E-state index is 8.33. The average molecular weight is 723 g/mol. The Bertz CT molecular complexity index is 237. The maximum Gasteiger partial charge on any atom is 3.00 e. The van der Waals surface area contributed by atoms with E-state index in [2.05, 4.69) is 0 Å². The molecule has 0 rings (SSSR count). The Hall–Kier alpha value is 0.254. The number of hydrogen-bond donors (Lipinski definition) is 0. The molecule has 33 heavy (non-hydrogen) atoms. The van der Waals surface area contributed by atoms with Crippen LogP contribution in [0.3, 0.4) is 0 Å². The summed E-state index contributed by atoms with van der Waals surface area (Å²) in [5, 5.41) is 83.3. The fraction of sp³-hybridized carbons (Fsp3) is 0. The summed E-state index contributed by atoms with van der Waals surface area (Å²) in [4.78, 5) is 41.7. The van der Waals surface area contributed by atoms with Crippen LogP contribution in [0.1, 0.15) is 0 Å². The molecule has 0 aliphatic carbocycles. The van der Waals surface area contributed by atoms with Crippen LogP contribution in [-0.2, 0) is 93.3 Å². The first-order valence-corrected chi connectivity index (χ1v) is 3.06. The minimum absolute atomic E-state index is 0. The Morgan fingerprint density at radius 1 is 0.273 bits per heavy atom. The second kappa shape index (κ2) is 135. The van der Waals surface area contributed by atoms with E-state index in [9.17, 15) is 0 Å². The predicted octanol–water partition coefficient (Wildman–Crippen LogP) is -14.4. The van der Waals surface area contributed by atoms with Crippen LogP contribution in [-0.4, -0.2) is 100 Å². The number of carbonyl (C=O) groups excluding carboxylic acids is 5. The van der Waals surface area contributed by atoms with Crippen molar-refractivity contribution in [3.8, 4) is 0 Å². The molecule has 192 valence electrons. The van der Waals surface area contributed by atoms with Crippen LogP contribution < -0.4 is 51.1 Å². The molecular weight excluding hydrogens is 723 g/mol. The molecule has 0 amide bonds. The summed E-state index contributed by atoms with van der Waals surface area (Å²) < 4.78 is 0. The third-order valence-corrected chi connectivity index (χ3v) is 0. The number of rotatable bonds is 0. The van der Waals surface area contributed by atoms with Gasteiger partial charge in [-0.25, -0.2) is 0 Å². The van der Waals surface area contributed by atoms with Crippen molar-refractivity contribution in [3.63, 3.8) is 0 Å². The second-order valence-electron chi connectivity index (χ2n) is 1.25. The van der Waals surface area contributed by atoms with Gasteiger partial charge in [-0.15, -0.1) is 0 Å². The summed E-state index contributed by atoms with van der Waals surface area (Å²) in [6, 6.07) is 0. The minimum atomic E-state index is -2.33. The molecule has 0 radical (unpaired) electrons. The Morgan fingerprint density at radius 3 is 0.273 bits per heavy atom. The molecule has 0 atom stereocenters. The first kappa shape index (κ1) is 149. The molecular formula is C5Al4Ni4O20. The van der Waals surface area contributed by atoms with Crippen LogP contribution in [0.2, 0.25) is 0 Å². The molecule has 0 aliphatic heterocycles. The van der Waals surface area contributed by atoms with Gasteiger partial charge in [0.1, 0.15) is 0 Å². The molecule has 0 fully saturated rings. The Balaban J connectivity index is -0.00000000485. The van der Waals surface area contributed by atoms with Gasteiger partial charge in [0.15, 0.2) is 0 Å². The van der Waals surface area contributed by atoms with Gasteiger partial charge in [-0.1, -0.05) is 0 Å². The number of hydrogen-bond acceptors (Lipinski definition) is 15. The van der Waals surface area contributed by atoms with Crippen LogP contribution >= 0.6 is 0 Å². The summed E-state index contributed by atoms with van der Waals surface area (Å²) in [5.74, 6) is 0. The van der Waals surface area contributed by atoms with E-state index >= 15 is 0 Å². The maximum absolute atomic E-state index is 8.33. The van der Waals surface area contributed by atoms with Crippen molar-refractivity contribution in [2.75, 3.05) is 0 Å². The van der Waals surface area contributed by atoms with Gasteiger partial charge in [0.2, 0.25) is 0 Å². The Morgan fingerprint density at radius 2 is 0.273 bits per heavy atom. The van der Waals surface area contributed by atoms with Gasteiger partial charge in [0.25, 0.3) is 0 Å². The third kappa shape index (κ3) is 458000. The first-order chi connectivity index (χ1) is 8.66. The molecule has 0 saturated heterocycles. The van der Waals surface area contributed by atoms with Gasteiger partial charge in [-0.3, -0.25) is 0 Å². The molecule has 0 bridgehead atoms. The minimum Gasteiger partial charge on any atom is -2.00 e. The summed E-state index contributed by atoms with van der Waals surface area (Å²) in [6.45, 7) is 0. The predicted molar refractivity (Wildman–Crippen MR) is 53.4 cm³/mol. The molecule has 0 heterocycles. The average Bonchev–Trinajstić information content (AvgIpc) is 1.94. The summed E-state index contributed by atoms with van der Waals surface area (Å²) in [6.07, 6.45) is -11.7. The summed E-state index contributed by atoms with van der Waals surface area (Å²) in [5.41, 5.74) is 0. The van der Waals surface area contributed by atoms with Crippen molar-refractivity contribution in [3.05, 3.63) is 0 Å².